The van der Waals surface area contributed by atoms with E-state index in [0.717, 1.165) is 13.1 Å². The van der Waals surface area contributed by atoms with Gasteiger partial charge in [0, 0.05) is 20.2 Å². The fourth-order valence-corrected chi connectivity index (χ4v) is 3.05. The first-order valence-corrected chi connectivity index (χ1v) is 8.36. The van der Waals surface area contributed by atoms with E-state index in [2.05, 4.69) is 40.9 Å². The molecule has 5 nitrogen and oxygen atoms in total. The number of hydrogen-bond donors (Lipinski definition) is 2. The zero-order valence-electron chi connectivity index (χ0n) is 13.2. The SMILES string of the molecule is CCN(CC)C(CNC(=O)CC(CN)OC)c1ccsc1. The predicted molar refractivity (Wildman–Crippen MR) is 87.5 cm³/mol. The number of methoxy groups -OCH3 is 1. The third kappa shape index (κ3) is 5.74. The summed E-state index contributed by atoms with van der Waals surface area (Å²) in [6.45, 7) is 7.15. The molecule has 0 saturated heterocycles. The van der Waals surface area contributed by atoms with Crippen LogP contribution >= 0.6 is 11.3 Å². The molecule has 0 bridgehead atoms. The second-order valence-corrected chi connectivity index (χ2v) is 5.68. The van der Waals surface area contributed by atoms with E-state index >= 15 is 0 Å². The van der Waals surface area contributed by atoms with Crippen LogP contribution in [-0.4, -0.2) is 50.2 Å². The number of rotatable bonds is 10. The summed E-state index contributed by atoms with van der Waals surface area (Å²) in [5.41, 5.74) is 6.80. The molecule has 21 heavy (non-hydrogen) atoms. The van der Waals surface area contributed by atoms with Gasteiger partial charge < -0.3 is 15.8 Å². The lowest BCUT2D eigenvalue weighted by Gasteiger charge is -2.29. The largest absolute Gasteiger partial charge is 0.380 e. The number of amides is 1. The van der Waals surface area contributed by atoms with Gasteiger partial charge in [-0.15, -0.1) is 0 Å². The molecule has 3 N–H and O–H groups in total. The maximum absolute atomic E-state index is 12.0. The van der Waals surface area contributed by atoms with Gasteiger partial charge in [0.1, 0.15) is 0 Å². The van der Waals surface area contributed by atoms with E-state index in [1.807, 2.05) is 0 Å². The Kier molecular flexibility index (Phi) is 8.52. The first-order valence-electron chi connectivity index (χ1n) is 7.41. The minimum Gasteiger partial charge on any atom is -0.380 e. The highest BCUT2D eigenvalue weighted by atomic mass is 32.1. The zero-order chi connectivity index (χ0) is 15.7. The van der Waals surface area contributed by atoms with Crippen LogP contribution < -0.4 is 11.1 Å². The smallest absolute Gasteiger partial charge is 0.222 e. The van der Waals surface area contributed by atoms with Crippen molar-refractivity contribution >= 4 is 17.2 Å². The van der Waals surface area contributed by atoms with Gasteiger partial charge in [0.2, 0.25) is 5.91 Å². The van der Waals surface area contributed by atoms with Crippen LogP contribution in [0, 0.1) is 0 Å². The Balaban J connectivity index is 2.59. The molecule has 2 unspecified atom stereocenters. The first-order chi connectivity index (χ1) is 10.2. The third-order valence-electron chi connectivity index (χ3n) is 3.68. The lowest BCUT2D eigenvalue weighted by Crippen LogP contribution is -2.39. The number of ether oxygens (including phenoxy) is 1. The molecular formula is C15H27N3O2S. The summed E-state index contributed by atoms with van der Waals surface area (Å²) in [5.74, 6) is -0.0142. The molecule has 1 amide bonds. The summed E-state index contributed by atoms with van der Waals surface area (Å²) < 4.78 is 5.14. The van der Waals surface area contributed by atoms with E-state index in [4.69, 9.17) is 10.5 Å². The standard InChI is InChI=1S/C15H27N3O2S/c1-4-18(5-2)14(12-6-7-21-11-12)10-17-15(19)8-13(9-16)20-3/h6-7,11,13-14H,4-5,8-10,16H2,1-3H3,(H,17,19). The van der Waals surface area contributed by atoms with Crippen LogP contribution in [0.1, 0.15) is 31.9 Å². The molecule has 0 aromatic carbocycles. The molecule has 0 saturated carbocycles. The summed E-state index contributed by atoms with van der Waals surface area (Å²) in [7, 11) is 1.58. The Morgan fingerprint density at radius 1 is 1.48 bits per heavy atom. The lowest BCUT2D eigenvalue weighted by molar-refractivity contribution is -0.123. The second kappa shape index (κ2) is 9.89. The molecule has 1 aromatic heterocycles. The van der Waals surface area contributed by atoms with Gasteiger partial charge in [0.15, 0.2) is 0 Å². The summed E-state index contributed by atoms with van der Waals surface area (Å²) >= 11 is 1.68. The summed E-state index contributed by atoms with van der Waals surface area (Å²) in [6.07, 6.45) is 0.0970. The van der Waals surface area contributed by atoms with Crippen molar-refractivity contribution in [2.24, 2.45) is 5.73 Å². The van der Waals surface area contributed by atoms with Crippen molar-refractivity contribution in [2.75, 3.05) is 33.3 Å². The van der Waals surface area contributed by atoms with Gasteiger partial charge in [-0.05, 0) is 35.5 Å². The average molecular weight is 313 g/mol. The number of nitrogens with one attached hydrogen (secondary N) is 1. The van der Waals surface area contributed by atoms with E-state index in [1.54, 1.807) is 18.4 Å². The topological polar surface area (TPSA) is 67.6 Å². The Labute approximate surface area is 131 Å². The summed E-state index contributed by atoms with van der Waals surface area (Å²) in [6, 6.07) is 2.34. The number of likely N-dealkylation sites (N-methyl/N-ethyl adjacent to an activating group) is 1. The highest BCUT2D eigenvalue weighted by Gasteiger charge is 2.20. The van der Waals surface area contributed by atoms with Gasteiger partial charge in [-0.3, -0.25) is 9.69 Å². The third-order valence-corrected chi connectivity index (χ3v) is 4.38. The molecule has 0 fully saturated rings. The molecule has 6 heteroatoms. The number of carbonyl (C=O) groups excluding carboxylic acids is 1. The molecule has 1 rings (SSSR count). The Morgan fingerprint density at radius 3 is 2.67 bits per heavy atom. The van der Waals surface area contributed by atoms with E-state index in [1.165, 1.54) is 5.56 Å². The molecule has 2 atom stereocenters. The van der Waals surface area contributed by atoms with Gasteiger partial charge in [-0.2, -0.15) is 11.3 Å². The van der Waals surface area contributed by atoms with E-state index in [0.29, 0.717) is 19.5 Å². The number of nitrogens with two attached hydrogens (primary N) is 1. The molecule has 0 radical (unpaired) electrons. The van der Waals surface area contributed by atoms with Crippen molar-refractivity contribution in [1.82, 2.24) is 10.2 Å². The molecular weight excluding hydrogens is 286 g/mol. The zero-order valence-corrected chi connectivity index (χ0v) is 14.0. The number of nitrogens with zero attached hydrogens (tertiary/aromatic N) is 1. The highest BCUT2D eigenvalue weighted by molar-refractivity contribution is 7.07. The van der Waals surface area contributed by atoms with Gasteiger partial charge in [0.25, 0.3) is 0 Å². The van der Waals surface area contributed by atoms with Gasteiger partial charge in [-0.25, -0.2) is 0 Å². The monoisotopic (exact) mass is 313 g/mol. The first kappa shape index (κ1) is 18.1. The summed E-state index contributed by atoms with van der Waals surface area (Å²) in [5, 5.41) is 7.23. The maximum atomic E-state index is 12.0. The number of thiophene rings is 1. The minimum absolute atomic E-state index is 0.0142. The maximum Gasteiger partial charge on any atom is 0.222 e. The summed E-state index contributed by atoms with van der Waals surface area (Å²) in [4.78, 5) is 14.3. The van der Waals surface area contributed by atoms with Crippen LogP contribution in [0.2, 0.25) is 0 Å². The van der Waals surface area contributed by atoms with Crippen LogP contribution in [0.5, 0.6) is 0 Å². The fraction of sp³-hybridized carbons (Fsp3) is 0.667. The van der Waals surface area contributed by atoms with Crippen molar-refractivity contribution in [3.63, 3.8) is 0 Å². The molecule has 0 aliphatic carbocycles. The Bertz CT molecular complexity index is 390. The van der Waals surface area contributed by atoms with Crippen molar-refractivity contribution in [3.8, 4) is 0 Å². The van der Waals surface area contributed by atoms with E-state index < -0.39 is 0 Å². The van der Waals surface area contributed by atoms with Crippen LogP contribution in [0.15, 0.2) is 16.8 Å². The van der Waals surface area contributed by atoms with Gasteiger partial charge in [-0.1, -0.05) is 13.8 Å². The van der Waals surface area contributed by atoms with E-state index in [-0.39, 0.29) is 18.1 Å². The molecule has 0 spiro atoms. The quantitative estimate of drug-likeness (QED) is 0.689. The highest BCUT2D eigenvalue weighted by Crippen LogP contribution is 2.22. The van der Waals surface area contributed by atoms with Crippen molar-refractivity contribution in [3.05, 3.63) is 22.4 Å². The van der Waals surface area contributed by atoms with Gasteiger partial charge in [0.05, 0.1) is 18.6 Å². The van der Waals surface area contributed by atoms with Gasteiger partial charge >= 0.3 is 0 Å². The molecule has 0 aliphatic heterocycles. The second-order valence-electron chi connectivity index (χ2n) is 4.90. The van der Waals surface area contributed by atoms with Crippen LogP contribution in [0.4, 0.5) is 0 Å². The van der Waals surface area contributed by atoms with E-state index in [9.17, 15) is 4.79 Å². The minimum atomic E-state index is -0.210. The Morgan fingerprint density at radius 2 is 2.19 bits per heavy atom. The molecule has 1 heterocycles. The fourth-order valence-electron chi connectivity index (χ4n) is 2.34. The molecule has 120 valence electrons. The van der Waals surface area contributed by atoms with Crippen LogP contribution in [0.25, 0.3) is 0 Å². The number of hydrogen-bond acceptors (Lipinski definition) is 5. The predicted octanol–water partition coefficient (Wildman–Crippen LogP) is 1.61. The molecule has 1 aromatic rings. The van der Waals surface area contributed by atoms with Crippen molar-refractivity contribution in [1.29, 1.82) is 0 Å². The van der Waals surface area contributed by atoms with Crippen molar-refractivity contribution in [2.45, 2.75) is 32.4 Å². The van der Waals surface area contributed by atoms with Crippen molar-refractivity contribution < 1.29 is 9.53 Å². The van der Waals surface area contributed by atoms with Crippen LogP contribution in [-0.2, 0) is 9.53 Å². The average Bonchev–Trinajstić information content (AvgIpc) is 3.03. The lowest BCUT2D eigenvalue weighted by atomic mass is 10.1. The molecule has 0 aliphatic rings. The number of carbonyl (C=O) groups is 1. The normalized spacial score (nSPS) is 14.1. The van der Waals surface area contributed by atoms with Crippen LogP contribution in [0.3, 0.4) is 0 Å². The Hall–Kier alpha value is -0.950.